The number of aryl methyl sites for hydroxylation is 1. The van der Waals surface area contributed by atoms with Gasteiger partial charge in [0.2, 0.25) is 0 Å². The fourth-order valence-corrected chi connectivity index (χ4v) is 12.7. The summed E-state index contributed by atoms with van der Waals surface area (Å²) in [5.74, 6) is 1.96. The molecule has 334 valence electrons. The molecule has 15 rings (SSSR count). The Morgan fingerprint density at radius 3 is 1.97 bits per heavy atom. The molecule has 3 heteroatoms. The molecule has 3 nitrogen and oxygen atoms in total. The molecule has 1 aromatic heterocycles. The molecular formula is C68H45NO2. The number of rotatable bonds is 6. The number of furan rings is 1. The Hall–Kier alpha value is -8.92. The van der Waals surface area contributed by atoms with Crippen LogP contribution in [-0.4, -0.2) is 0 Å². The Morgan fingerprint density at radius 1 is 0.437 bits per heavy atom. The largest absolute Gasteiger partial charge is 0.456 e. The van der Waals surface area contributed by atoms with Crippen LogP contribution < -0.4 is 9.64 Å². The van der Waals surface area contributed by atoms with Crippen molar-refractivity contribution in [2.45, 2.75) is 24.2 Å². The molecular weight excluding hydrogens is 863 g/mol. The highest BCUT2D eigenvalue weighted by atomic mass is 16.5. The standard InChI is InChI=1S/C68H45NO2/c1-2-18-44(19-3-1)52-27-15-28-56-65-62(32-16-34-64(65)71-66(52)56)69(49-23-14-22-47(40-49)48-36-35-43-17-4-5-21-46(43)39-48)50-41-57(53-38-37-45-20-6-7-24-51(45)53)67-61(42-50)68(60-31-12-13-33-63(60)70-67)58-29-10-8-25-54(58)55-26-9-11-30-59(55)68/h1-36,39-42,53H,37-38H2. The molecule has 12 aromatic rings. The predicted molar refractivity (Wildman–Crippen MR) is 291 cm³/mol. The topological polar surface area (TPSA) is 25.6 Å². The summed E-state index contributed by atoms with van der Waals surface area (Å²) in [5, 5.41) is 4.58. The van der Waals surface area contributed by atoms with Gasteiger partial charge >= 0.3 is 0 Å². The third-order valence-corrected chi connectivity index (χ3v) is 15.7. The minimum Gasteiger partial charge on any atom is -0.456 e. The van der Waals surface area contributed by atoms with E-state index in [4.69, 9.17) is 9.15 Å². The van der Waals surface area contributed by atoms with Crippen molar-refractivity contribution in [2.75, 3.05) is 4.90 Å². The molecule has 1 atom stereocenters. The average Bonchev–Trinajstić information content (AvgIpc) is 4.13. The summed E-state index contributed by atoms with van der Waals surface area (Å²) in [4.78, 5) is 2.50. The number of anilines is 3. The second-order valence-corrected chi connectivity index (χ2v) is 19.4. The number of hydrogen-bond acceptors (Lipinski definition) is 3. The van der Waals surface area contributed by atoms with E-state index in [1.165, 1.54) is 55.3 Å². The second kappa shape index (κ2) is 15.5. The number of benzene rings is 11. The Kier molecular flexibility index (Phi) is 8.76. The lowest BCUT2D eigenvalue weighted by Crippen LogP contribution is -2.33. The van der Waals surface area contributed by atoms with E-state index in [1.54, 1.807) is 0 Å². The van der Waals surface area contributed by atoms with Crippen LogP contribution in [0.4, 0.5) is 17.1 Å². The van der Waals surface area contributed by atoms with Gasteiger partial charge in [0.25, 0.3) is 0 Å². The van der Waals surface area contributed by atoms with Gasteiger partial charge in [-0.3, -0.25) is 0 Å². The van der Waals surface area contributed by atoms with E-state index in [0.717, 1.165) is 91.2 Å². The smallest absolute Gasteiger partial charge is 0.143 e. The van der Waals surface area contributed by atoms with Gasteiger partial charge in [-0.15, -0.1) is 0 Å². The maximum absolute atomic E-state index is 7.45. The molecule has 71 heavy (non-hydrogen) atoms. The summed E-state index contributed by atoms with van der Waals surface area (Å²) >= 11 is 0. The maximum atomic E-state index is 7.45. The van der Waals surface area contributed by atoms with E-state index in [9.17, 15) is 0 Å². The zero-order valence-corrected chi connectivity index (χ0v) is 38.8. The van der Waals surface area contributed by atoms with Crippen LogP contribution in [0.2, 0.25) is 0 Å². The third kappa shape index (κ3) is 5.90. The molecule has 1 spiro atoms. The molecule has 0 saturated heterocycles. The van der Waals surface area contributed by atoms with Crippen LogP contribution in [0.3, 0.4) is 0 Å². The SMILES string of the molecule is c1ccc(-c2cccc3c2oc2cccc(N(c4cccc(-c5ccc6ccccc6c5)c4)c4cc(C5CCc6ccccc65)c5c(c4)C4(c6ccccc6O5)c5ccccc5-c5ccccc54)c23)cc1. The number of nitrogens with zero attached hydrogens (tertiary/aromatic N) is 1. The average molecular weight is 908 g/mol. The fraction of sp³-hybridized carbons (Fsp3) is 0.0588. The first-order valence-corrected chi connectivity index (χ1v) is 24.8. The van der Waals surface area contributed by atoms with Gasteiger partial charge in [0, 0.05) is 44.9 Å². The molecule has 2 aliphatic carbocycles. The zero-order valence-electron chi connectivity index (χ0n) is 38.8. The first-order chi connectivity index (χ1) is 35.2. The van der Waals surface area contributed by atoms with Gasteiger partial charge in [-0.1, -0.05) is 194 Å². The minimum absolute atomic E-state index is 0.110. The lowest BCUT2D eigenvalue weighted by molar-refractivity contribution is 0.428. The van der Waals surface area contributed by atoms with Crippen molar-refractivity contribution in [2.24, 2.45) is 0 Å². The molecule has 0 bridgehead atoms. The van der Waals surface area contributed by atoms with Gasteiger partial charge in [0.05, 0.1) is 16.5 Å². The molecule has 0 fully saturated rings. The molecule has 0 saturated carbocycles. The van der Waals surface area contributed by atoms with Crippen molar-refractivity contribution < 1.29 is 9.15 Å². The summed E-state index contributed by atoms with van der Waals surface area (Å²) in [6.45, 7) is 0. The lowest BCUT2D eigenvalue weighted by Gasteiger charge is -2.41. The molecule has 0 radical (unpaired) electrons. The fourth-order valence-electron chi connectivity index (χ4n) is 12.7. The van der Waals surface area contributed by atoms with Gasteiger partial charge in [-0.05, 0) is 122 Å². The summed E-state index contributed by atoms with van der Waals surface area (Å²) in [5.41, 5.74) is 20.0. The van der Waals surface area contributed by atoms with Crippen molar-refractivity contribution in [1.29, 1.82) is 0 Å². The van der Waals surface area contributed by atoms with E-state index >= 15 is 0 Å². The summed E-state index contributed by atoms with van der Waals surface area (Å²) in [6, 6.07) is 89.0. The lowest BCUT2D eigenvalue weighted by atomic mass is 9.65. The van der Waals surface area contributed by atoms with Crippen LogP contribution in [0.15, 0.2) is 247 Å². The minimum atomic E-state index is -0.669. The zero-order chi connectivity index (χ0) is 46.6. The Labute approximate surface area is 412 Å². The highest BCUT2D eigenvalue weighted by molar-refractivity contribution is 6.16. The highest BCUT2D eigenvalue weighted by Crippen LogP contribution is 2.64. The van der Waals surface area contributed by atoms with E-state index in [2.05, 4.69) is 248 Å². The molecule has 1 aliphatic heterocycles. The van der Waals surface area contributed by atoms with E-state index in [-0.39, 0.29) is 5.92 Å². The van der Waals surface area contributed by atoms with Crippen LogP contribution in [0.1, 0.15) is 51.3 Å². The summed E-state index contributed by atoms with van der Waals surface area (Å²) < 4.78 is 14.5. The maximum Gasteiger partial charge on any atom is 0.143 e. The van der Waals surface area contributed by atoms with Crippen molar-refractivity contribution >= 4 is 49.8 Å². The Balaban J connectivity index is 1.06. The van der Waals surface area contributed by atoms with E-state index < -0.39 is 5.41 Å². The van der Waals surface area contributed by atoms with Gasteiger partial charge in [-0.2, -0.15) is 0 Å². The summed E-state index contributed by atoms with van der Waals surface area (Å²) in [7, 11) is 0. The Morgan fingerprint density at radius 2 is 1.11 bits per heavy atom. The Bertz CT molecular complexity index is 4080. The third-order valence-electron chi connectivity index (χ3n) is 15.7. The van der Waals surface area contributed by atoms with Crippen molar-refractivity contribution in [3.63, 3.8) is 0 Å². The predicted octanol–water partition coefficient (Wildman–Crippen LogP) is 18.1. The molecule has 1 unspecified atom stereocenters. The van der Waals surface area contributed by atoms with Crippen LogP contribution in [0, 0.1) is 0 Å². The number of para-hydroxylation sites is 2. The molecule has 3 aliphatic rings. The number of ether oxygens (including phenoxy) is 1. The second-order valence-electron chi connectivity index (χ2n) is 19.4. The van der Waals surface area contributed by atoms with Crippen LogP contribution in [0.25, 0.3) is 66.1 Å². The molecule has 0 amide bonds. The van der Waals surface area contributed by atoms with Crippen LogP contribution in [0.5, 0.6) is 11.5 Å². The first kappa shape index (κ1) is 40.0. The molecule has 2 heterocycles. The van der Waals surface area contributed by atoms with Crippen LogP contribution >= 0.6 is 0 Å². The normalized spacial score (nSPS) is 14.7. The van der Waals surface area contributed by atoms with Crippen molar-refractivity contribution in [1.82, 2.24) is 0 Å². The monoisotopic (exact) mass is 907 g/mol. The molecule has 0 N–H and O–H groups in total. The van der Waals surface area contributed by atoms with Crippen LogP contribution in [-0.2, 0) is 11.8 Å². The van der Waals surface area contributed by atoms with E-state index in [0.29, 0.717) is 0 Å². The van der Waals surface area contributed by atoms with E-state index in [1.807, 2.05) is 0 Å². The molecule has 11 aromatic carbocycles. The summed E-state index contributed by atoms with van der Waals surface area (Å²) in [6.07, 6.45) is 2.00. The van der Waals surface area contributed by atoms with Gasteiger partial charge < -0.3 is 14.1 Å². The van der Waals surface area contributed by atoms with Crippen molar-refractivity contribution in [3.8, 4) is 44.9 Å². The van der Waals surface area contributed by atoms with Crippen molar-refractivity contribution in [3.05, 3.63) is 282 Å². The highest BCUT2D eigenvalue weighted by Gasteiger charge is 2.52. The number of fused-ring (bicyclic) bond motifs is 14. The number of hydrogen-bond donors (Lipinski definition) is 0. The first-order valence-electron chi connectivity index (χ1n) is 24.8. The quantitative estimate of drug-likeness (QED) is 0.166. The van der Waals surface area contributed by atoms with Gasteiger partial charge in [0.1, 0.15) is 22.7 Å². The van der Waals surface area contributed by atoms with Gasteiger partial charge in [-0.25, -0.2) is 0 Å². The van der Waals surface area contributed by atoms with Gasteiger partial charge in [0.15, 0.2) is 0 Å².